The number of aromatic carboxylic acids is 2. The molecule has 98 valence electrons. The van der Waals surface area contributed by atoms with Gasteiger partial charge in [0.15, 0.2) is 0 Å². The summed E-state index contributed by atoms with van der Waals surface area (Å²) in [5.41, 5.74) is -0.380. The number of carbonyl (C=O) groups is 2. The Kier molecular flexibility index (Phi) is 10.5. The lowest BCUT2D eigenvalue weighted by atomic mass is 10.1. The molecule has 6 nitrogen and oxygen atoms in total. The summed E-state index contributed by atoms with van der Waals surface area (Å²) in [6, 6.07) is 5.48. The Hall–Kier alpha value is -2.76. The van der Waals surface area contributed by atoms with Crippen molar-refractivity contribution in [1.82, 2.24) is 0 Å². The van der Waals surface area contributed by atoms with Crippen LogP contribution in [0.5, 0.6) is 0 Å². The van der Waals surface area contributed by atoms with Gasteiger partial charge in [-0.05, 0) is 12.1 Å². The Morgan fingerprint density at radius 1 is 0.889 bits per heavy atom. The summed E-state index contributed by atoms with van der Waals surface area (Å²) < 4.78 is 0. The van der Waals surface area contributed by atoms with E-state index in [2.05, 4.69) is 13.2 Å². The fraction of sp³-hybridized carbons (Fsp3) is 0. The fourth-order valence-electron chi connectivity index (χ4n) is 0.856. The molecule has 0 amide bonds. The second-order valence-corrected chi connectivity index (χ2v) is 2.52. The molecule has 1 rings (SSSR count). The Balaban J connectivity index is 0. The van der Waals surface area contributed by atoms with E-state index in [0.717, 1.165) is 12.5 Å². The standard InChI is InChI=1S/C8H6O4.2C2H4O/c9-7(10)5-3-1-2-4-6(5)8(11)12;2*1-2-3/h1-4H,(H,9,10)(H,11,12);2*2-3H,1H2. The van der Waals surface area contributed by atoms with Gasteiger partial charge in [0.05, 0.1) is 23.7 Å². The number of aliphatic hydroxyl groups excluding tert-OH is 2. The Bertz CT molecular complexity index is 372. The van der Waals surface area contributed by atoms with Gasteiger partial charge in [0.2, 0.25) is 0 Å². The van der Waals surface area contributed by atoms with Crippen LogP contribution in [-0.2, 0) is 0 Å². The van der Waals surface area contributed by atoms with Crippen molar-refractivity contribution in [1.29, 1.82) is 0 Å². The van der Waals surface area contributed by atoms with E-state index in [-0.39, 0.29) is 11.1 Å². The molecule has 0 spiro atoms. The molecule has 1 aromatic rings. The Labute approximate surface area is 104 Å². The van der Waals surface area contributed by atoms with Gasteiger partial charge < -0.3 is 20.4 Å². The van der Waals surface area contributed by atoms with Crippen molar-refractivity contribution in [3.63, 3.8) is 0 Å². The average molecular weight is 254 g/mol. The van der Waals surface area contributed by atoms with Crippen molar-refractivity contribution in [2.45, 2.75) is 0 Å². The minimum absolute atomic E-state index is 0.190. The number of carboxylic acid groups (broad SMARTS) is 2. The van der Waals surface area contributed by atoms with Crippen LogP contribution in [0, 0.1) is 0 Å². The molecule has 1 aromatic carbocycles. The quantitative estimate of drug-likeness (QED) is 0.602. The molecule has 0 radical (unpaired) electrons. The number of hydrogen-bond donors (Lipinski definition) is 4. The van der Waals surface area contributed by atoms with Gasteiger partial charge in [-0.1, -0.05) is 25.3 Å². The van der Waals surface area contributed by atoms with Crippen LogP contribution in [0.2, 0.25) is 0 Å². The molecule has 0 fully saturated rings. The molecular formula is C12H14O6. The largest absolute Gasteiger partial charge is 0.516 e. The van der Waals surface area contributed by atoms with Crippen molar-refractivity contribution < 1.29 is 30.0 Å². The third-order valence-electron chi connectivity index (χ3n) is 1.39. The van der Waals surface area contributed by atoms with Gasteiger partial charge in [0.25, 0.3) is 0 Å². The van der Waals surface area contributed by atoms with Crippen LogP contribution < -0.4 is 0 Å². The molecule has 0 aromatic heterocycles. The molecule has 0 aliphatic rings. The lowest BCUT2D eigenvalue weighted by molar-refractivity contribution is 0.0651. The van der Waals surface area contributed by atoms with Crippen LogP contribution in [0.15, 0.2) is 49.9 Å². The molecule has 6 heteroatoms. The van der Waals surface area contributed by atoms with Gasteiger partial charge in [-0.15, -0.1) is 0 Å². The smallest absolute Gasteiger partial charge is 0.336 e. The molecule has 0 heterocycles. The van der Waals surface area contributed by atoms with Crippen LogP contribution in [0.3, 0.4) is 0 Å². The van der Waals surface area contributed by atoms with Gasteiger partial charge >= 0.3 is 11.9 Å². The van der Waals surface area contributed by atoms with Gasteiger partial charge in [0, 0.05) is 0 Å². The van der Waals surface area contributed by atoms with Crippen molar-refractivity contribution in [3.05, 3.63) is 61.1 Å². The van der Waals surface area contributed by atoms with Crippen LogP contribution >= 0.6 is 0 Å². The van der Waals surface area contributed by atoms with Crippen molar-refractivity contribution in [3.8, 4) is 0 Å². The predicted octanol–water partition coefficient (Wildman–Crippen LogP) is 2.46. The Morgan fingerprint density at radius 2 is 1.11 bits per heavy atom. The van der Waals surface area contributed by atoms with Gasteiger partial charge in [0.1, 0.15) is 0 Å². The van der Waals surface area contributed by atoms with E-state index in [0.29, 0.717) is 0 Å². The number of aliphatic hydroxyl groups is 2. The third-order valence-corrected chi connectivity index (χ3v) is 1.39. The SMILES string of the molecule is C=CO.C=CO.O=C(O)c1ccccc1C(=O)O. The van der Waals surface area contributed by atoms with Gasteiger partial charge in [-0.3, -0.25) is 0 Å². The zero-order chi connectivity index (χ0) is 14.6. The normalized spacial score (nSPS) is 7.56. The van der Waals surface area contributed by atoms with E-state index < -0.39 is 11.9 Å². The first-order valence-corrected chi connectivity index (χ1v) is 4.52. The molecule has 0 unspecified atom stereocenters. The maximum absolute atomic E-state index is 10.5. The van der Waals surface area contributed by atoms with Crippen molar-refractivity contribution in [2.75, 3.05) is 0 Å². The van der Waals surface area contributed by atoms with E-state index in [1.54, 1.807) is 0 Å². The second-order valence-electron chi connectivity index (χ2n) is 2.52. The minimum atomic E-state index is -1.23. The summed E-state index contributed by atoms with van der Waals surface area (Å²) in [4.78, 5) is 20.9. The molecule has 0 aliphatic carbocycles. The molecule has 0 saturated carbocycles. The van der Waals surface area contributed by atoms with Crippen LogP contribution in [0.4, 0.5) is 0 Å². The molecule has 0 aliphatic heterocycles. The monoisotopic (exact) mass is 254 g/mol. The number of hydrogen-bond acceptors (Lipinski definition) is 4. The molecule has 4 N–H and O–H groups in total. The fourth-order valence-corrected chi connectivity index (χ4v) is 0.856. The topological polar surface area (TPSA) is 115 Å². The maximum atomic E-state index is 10.5. The van der Waals surface area contributed by atoms with Gasteiger partial charge in [-0.2, -0.15) is 0 Å². The molecule has 18 heavy (non-hydrogen) atoms. The van der Waals surface area contributed by atoms with E-state index >= 15 is 0 Å². The number of rotatable bonds is 2. The predicted molar refractivity (Wildman–Crippen MR) is 66.0 cm³/mol. The summed E-state index contributed by atoms with van der Waals surface area (Å²) >= 11 is 0. The molecule has 0 atom stereocenters. The van der Waals surface area contributed by atoms with E-state index in [9.17, 15) is 9.59 Å². The average Bonchev–Trinajstić information content (AvgIpc) is 2.31. The minimum Gasteiger partial charge on any atom is -0.516 e. The zero-order valence-electron chi connectivity index (χ0n) is 9.48. The highest BCUT2D eigenvalue weighted by atomic mass is 16.4. The summed E-state index contributed by atoms with van der Waals surface area (Å²) in [7, 11) is 0. The van der Waals surface area contributed by atoms with Crippen LogP contribution in [0.25, 0.3) is 0 Å². The lowest BCUT2D eigenvalue weighted by Crippen LogP contribution is -2.06. The van der Waals surface area contributed by atoms with E-state index in [1.807, 2.05) is 0 Å². The molecule has 0 saturated heterocycles. The Morgan fingerprint density at radius 3 is 1.28 bits per heavy atom. The van der Waals surface area contributed by atoms with Crippen LogP contribution in [-0.4, -0.2) is 32.4 Å². The van der Waals surface area contributed by atoms with Crippen molar-refractivity contribution >= 4 is 11.9 Å². The zero-order valence-corrected chi connectivity index (χ0v) is 9.48. The maximum Gasteiger partial charge on any atom is 0.336 e. The third kappa shape index (κ3) is 7.52. The van der Waals surface area contributed by atoms with Gasteiger partial charge in [-0.25, -0.2) is 9.59 Å². The number of benzene rings is 1. The summed E-state index contributed by atoms with van der Waals surface area (Å²) in [5.74, 6) is -2.46. The second kappa shape index (κ2) is 10.7. The van der Waals surface area contributed by atoms with Crippen molar-refractivity contribution in [2.24, 2.45) is 0 Å². The van der Waals surface area contributed by atoms with Crippen LogP contribution in [0.1, 0.15) is 20.7 Å². The first kappa shape index (κ1) is 17.6. The highest BCUT2D eigenvalue weighted by Gasteiger charge is 2.13. The summed E-state index contributed by atoms with van der Waals surface area (Å²) in [6.07, 6.45) is 1.50. The molecular weight excluding hydrogens is 240 g/mol. The summed E-state index contributed by atoms with van der Waals surface area (Å²) in [5, 5.41) is 31.8. The highest BCUT2D eigenvalue weighted by molar-refractivity contribution is 6.01. The first-order chi connectivity index (χ1) is 8.45. The van der Waals surface area contributed by atoms with E-state index in [1.165, 1.54) is 24.3 Å². The van der Waals surface area contributed by atoms with E-state index in [4.69, 9.17) is 20.4 Å². The lowest BCUT2D eigenvalue weighted by Gasteiger charge is -1.98. The summed E-state index contributed by atoms with van der Waals surface area (Å²) in [6.45, 7) is 5.83. The number of carboxylic acids is 2. The highest BCUT2D eigenvalue weighted by Crippen LogP contribution is 2.07. The molecule has 0 bridgehead atoms. The first-order valence-electron chi connectivity index (χ1n) is 4.52.